The van der Waals surface area contributed by atoms with Crippen molar-refractivity contribution in [1.29, 1.82) is 0 Å². The summed E-state index contributed by atoms with van der Waals surface area (Å²) < 4.78 is 4.68. The summed E-state index contributed by atoms with van der Waals surface area (Å²) in [6.45, 7) is 0. The van der Waals surface area contributed by atoms with E-state index in [0.29, 0.717) is 0 Å². The van der Waals surface area contributed by atoms with Gasteiger partial charge in [0.1, 0.15) is 5.69 Å². The Morgan fingerprint density at radius 2 is 1.10 bits per heavy atom. The number of hydrogen-bond acceptors (Lipinski definition) is 3. The molecule has 0 radical (unpaired) electrons. The van der Waals surface area contributed by atoms with Gasteiger partial charge in [-0.15, -0.1) is 0 Å². The normalized spacial score (nSPS) is 12.2. The van der Waals surface area contributed by atoms with Crippen molar-refractivity contribution in [2.75, 3.05) is 0 Å². The number of pyridine rings is 1. The molecule has 0 saturated carbocycles. The summed E-state index contributed by atoms with van der Waals surface area (Å²) in [6, 6.07) is 49.8. The third-order valence-corrected chi connectivity index (χ3v) is 9.92. The van der Waals surface area contributed by atoms with Crippen LogP contribution in [-0.4, -0.2) is 24.1 Å². The Kier molecular flexibility index (Phi) is 5.05. The summed E-state index contributed by atoms with van der Waals surface area (Å²) >= 11 is 0. The van der Waals surface area contributed by atoms with Crippen molar-refractivity contribution in [3.63, 3.8) is 0 Å². The average Bonchev–Trinajstić information content (AvgIpc) is 3.63. The lowest BCUT2D eigenvalue weighted by Gasteiger charge is -2.12. The van der Waals surface area contributed by atoms with Crippen LogP contribution in [0.25, 0.3) is 99.7 Å². The average molecular weight is 612 g/mol. The highest BCUT2D eigenvalue weighted by molar-refractivity contribution is 6.18. The first kappa shape index (κ1) is 25.6. The number of aromatic nitrogens is 5. The second-order valence-electron chi connectivity index (χ2n) is 12.5. The molecule has 0 N–H and O–H groups in total. The van der Waals surface area contributed by atoms with Crippen LogP contribution in [0.1, 0.15) is 0 Å². The zero-order valence-corrected chi connectivity index (χ0v) is 25.7. The number of rotatable bonds is 2. The number of nitrogens with zero attached hydrogens (tertiary/aromatic N) is 5. The van der Waals surface area contributed by atoms with E-state index in [4.69, 9.17) is 9.97 Å². The molecule has 0 bridgehead atoms. The fraction of sp³-hybridized carbons (Fsp3) is 0. The van der Waals surface area contributed by atoms with Crippen molar-refractivity contribution in [3.8, 4) is 45.0 Å². The number of fused-ring (bicyclic) bond motifs is 12. The Balaban J connectivity index is 1.24. The van der Waals surface area contributed by atoms with Crippen LogP contribution in [0.2, 0.25) is 0 Å². The van der Waals surface area contributed by atoms with E-state index in [2.05, 4.69) is 129 Å². The van der Waals surface area contributed by atoms with Gasteiger partial charge in [-0.2, -0.15) is 0 Å². The Hall–Kier alpha value is -6.59. The highest BCUT2D eigenvalue weighted by Gasteiger charge is 2.28. The molecule has 222 valence electrons. The standard InChI is InChI=1S/C43H25N5/c1-2-10-28(11-3-1)47-38-16-8-4-12-30(38)32-22-26(18-19-40(32)47)27-23-33-29-20-21-44-25-35(29)41-43(46-37-15-7-6-14-36(37)45-41)48-39-17-9-5-13-31(39)34(24-27)42(33)48/h1-25H. The number of para-hydroxylation sites is 5. The molecule has 0 aliphatic carbocycles. The summed E-state index contributed by atoms with van der Waals surface area (Å²) in [6.07, 6.45) is 3.82. The Bertz CT molecular complexity index is 2950. The molecule has 5 nitrogen and oxygen atoms in total. The van der Waals surface area contributed by atoms with Gasteiger partial charge in [0.15, 0.2) is 5.82 Å². The second kappa shape index (κ2) is 9.47. The molecule has 48 heavy (non-hydrogen) atoms. The van der Waals surface area contributed by atoms with E-state index in [1.807, 2.05) is 36.7 Å². The molecular weight excluding hydrogens is 587 g/mol. The second-order valence-corrected chi connectivity index (χ2v) is 12.5. The van der Waals surface area contributed by atoms with Gasteiger partial charge in [0.25, 0.3) is 0 Å². The fourth-order valence-corrected chi connectivity index (χ4v) is 7.84. The van der Waals surface area contributed by atoms with E-state index in [1.165, 1.54) is 43.7 Å². The van der Waals surface area contributed by atoms with Gasteiger partial charge in [0.05, 0.1) is 33.1 Å². The van der Waals surface area contributed by atoms with Crippen LogP contribution in [0.15, 0.2) is 152 Å². The minimum absolute atomic E-state index is 0.829. The third-order valence-electron chi connectivity index (χ3n) is 9.92. The van der Waals surface area contributed by atoms with Gasteiger partial charge in [0, 0.05) is 50.8 Å². The van der Waals surface area contributed by atoms with Gasteiger partial charge < -0.3 is 4.57 Å². The van der Waals surface area contributed by atoms with Gasteiger partial charge >= 0.3 is 0 Å². The molecule has 0 fully saturated rings. The maximum absolute atomic E-state index is 5.26. The molecular formula is C43H25N5. The minimum Gasteiger partial charge on any atom is -0.309 e. The van der Waals surface area contributed by atoms with E-state index < -0.39 is 0 Å². The minimum atomic E-state index is 0.829. The van der Waals surface area contributed by atoms with Crippen LogP contribution in [-0.2, 0) is 0 Å². The molecule has 1 aliphatic rings. The predicted octanol–water partition coefficient (Wildman–Crippen LogP) is 10.5. The van der Waals surface area contributed by atoms with Crippen molar-refractivity contribution < 1.29 is 0 Å². The number of hydrogen-bond donors (Lipinski definition) is 0. The predicted molar refractivity (Wildman–Crippen MR) is 196 cm³/mol. The SMILES string of the molecule is c1ccc(-n2c3ccccc3c3cc(-c4cc5c6c(c4)c4ccccc4n6-c4nc6ccccc6nc4-c4cnccc4-5)ccc32)cc1. The summed E-state index contributed by atoms with van der Waals surface area (Å²) in [7, 11) is 0. The quantitative estimate of drug-likeness (QED) is 0.195. The van der Waals surface area contributed by atoms with E-state index in [9.17, 15) is 0 Å². The summed E-state index contributed by atoms with van der Waals surface area (Å²) in [5, 5.41) is 4.86. The van der Waals surface area contributed by atoms with Crippen molar-refractivity contribution >= 4 is 54.6 Å². The molecule has 6 aromatic carbocycles. The van der Waals surface area contributed by atoms with Crippen LogP contribution in [0.4, 0.5) is 0 Å². The first-order valence-corrected chi connectivity index (χ1v) is 16.2. The summed E-state index contributed by atoms with van der Waals surface area (Å²) in [4.78, 5) is 15.1. The van der Waals surface area contributed by atoms with Crippen LogP contribution in [0.3, 0.4) is 0 Å². The molecule has 0 amide bonds. The third kappa shape index (κ3) is 3.42. The van der Waals surface area contributed by atoms with Gasteiger partial charge in [-0.3, -0.25) is 9.55 Å². The van der Waals surface area contributed by atoms with Crippen molar-refractivity contribution in [2.45, 2.75) is 0 Å². The molecule has 10 aromatic rings. The largest absolute Gasteiger partial charge is 0.309 e. The Labute approximate surface area is 275 Å². The molecule has 0 spiro atoms. The zero-order valence-electron chi connectivity index (χ0n) is 25.7. The smallest absolute Gasteiger partial charge is 0.165 e. The molecule has 0 unspecified atom stereocenters. The number of benzene rings is 6. The first-order chi connectivity index (χ1) is 23.8. The monoisotopic (exact) mass is 611 g/mol. The van der Waals surface area contributed by atoms with Crippen LogP contribution in [0, 0.1) is 0 Å². The van der Waals surface area contributed by atoms with Crippen LogP contribution < -0.4 is 0 Å². The van der Waals surface area contributed by atoms with Crippen LogP contribution >= 0.6 is 0 Å². The molecule has 4 aromatic heterocycles. The molecule has 0 saturated heterocycles. The van der Waals surface area contributed by atoms with E-state index in [0.717, 1.165) is 56.0 Å². The Morgan fingerprint density at radius 3 is 1.94 bits per heavy atom. The first-order valence-electron chi connectivity index (χ1n) is 16.2. The highest BCUT2D eigenvalue weighted by Crippen LogP contribution is 2.47. The summed E-state index contributed by atoms with van der Waals surface area (Å²) in [5.41, 5.74) is 14.0. The molecule has 5 heteroatoms. The highest BCUT2D eigenvalue weighted by atomic mass is 15.1. The van der Waals surface area contributed by atoms with Gasteiger partial charge in [-0.25, -0.2) is 9.97 Å². The van der Waals surface area contributed by atoms with Crippen molar-refractivity contribution in [3.05, 3.63) is 152 Å². The fourth-order valence-electron chi connectivity index (χ4n) is 7.84. The molecule has 0 atom stereocenters. The van der Waals surface area contributed by atoms with Crippen LogP contribution in [0.5, 0.6) is 0 Å². The Morgan fingerprint density at radius 1 is 0.438 bits per heavy atom. The van der Waals surface area contributed by atoms with Gasteiger partial charge in [0.2, 0.25) is 0 Å². The maximum atomic E-state index is 5.26. The van der Waals surface area contributed by atoms with Crippen molar-refractivity contribution in [1.82, 2.24) is 24.1 Å². The van der Waals surface area contributed by atoms with E-state index in [1.54, 1.807) is 0 Å². The molecule has 11 rings (SSSR count). The lowest BCUT2D eigenvalue weighted by atomic mass is 9.93. The topological polar surface area (TPSA) is 48.5 Å². The maximum Gasteiger partial charge on any atom is 0.165 e. The van der Waals surface area contributed by atoms with Crippen molar-refractivity contribution in [2.24, 2.45) is 0 Å². The summed E-state index contributed by atoms with van der Waals surface area (Å²) in [5.74, 6) is 0.829. The lowest BCUT2D eigenvalue weighted by molar-refractivity contribution is 1.08. The lowest BCUT2D eigenvalue weighted by Crippen LogP contribution is -2.02. The van der Waals surface area contributed by atoms with E-state index in [-0.39, 0.29) is 0 Å². The molecule has 5 heterocycles. The molecule has 1 aliphatic heterocycles. The van der Waals surface area contributed by atoms with E-state index >= 15 is 0 Å². The van der Waals surface area contributed by atoms with Gasteiger partial charge in [-0.05, 0) is 83.4 Å². The zero-order chi connectivity index (χ0) is 31.3. The van der Waals surface area contributed by atoms with Gasteiger partial charge in [-0.1, -0.05) is 72.8 Å².